The molecule has 0 amide bonds. The molecule has 1 aromatic carbocycles. The molecule has 0 saturated carbocycles. The van der Waals surface area contributed by atoms with E-state index in [0.717, 1.165) is 5.56 Å². The molecule has 0 saturated heterocycles. The van der Waals surface area contributed by atoms with E-state index in [1.165, 1.54) is 12.3 Å². The van der Waals surface area contributed by atoms with Crippen LogP contribution in [0.3, 0.4) is 0 Å². The molecule has 0 radical (unpaired) electrons. The molecule has 0 aliphatic heterocycles. The number of fused-ring (bicyclic) bond motifs is 1. The SMILES string of the molecule is Cc1ccc(F)c(-c2cn3cc(N)cnc3n2)c1. The van der Waals surface area contributed by atoms with E-state index in [1.54, 1.807) is 28.9 Å². The molecular weight excluding hydrogens is 231 g/mol. The van der Waals surface area contributed by atoms with E-state index in [2.05, 4.69) is 9.97 Å². The topological polar surface area (TPSA) is 56.2 Å². The van der Waals surface area contributed by atoms with E-state index in [4.69, 9.17) is 5.73 Å². The van der Waals surface area contributed by atoms with Gasteiger partial charge in [0.05, 0.1) is 17.6 Å². The van der Waals surface area contributed by atoms with Crippen molar-refractivity contribution in [2.75, 3.05) is 5.73 Å². The van der Waals surface area contributed by atoms with Crippen LogP contribution in [0.25, 0.3) is 17.0 Å². The predicted octanol–water partition coefficient (Wildman–Crippen LogP) is 2.43. The molecule has 0 atom stereocenters. The molecule has 18 heavy (non-hydrogen) atoms. The fraction of sp³-hybridized carbons (Fsp3) is 0.0769. The zero-order valence-corrected chi connectivity index (χ0v) is 9.76. The molecular formula is C13H11FN4. The maximum Gasteiger partial charge on any atom is 0.234 e. The maximum absolute atomic E-state index is 13.8. The van der Waals surface area contributed by atoms with Crippen LogP contribution in [-0.4, -0.2) is 14.4 Å². The van der Waals surface area contributed by atoms with Gasteiger partial charge in [0.15, 0.2) is 0 Å². The van der Waals surface area contributed by atoms with Gasteiger partial charge >= 0.3 is 0 Å². The Hall–Kier alpha value is -2.43. The summed E-state index contributed by atoms with van der Waals surface area (Å²) < 4.78 is 15.5. The van der Waals surface area contributed by atoms with Crippen molar-refractivity contribution >= 4 is 11.5 Å². The Balaban J connectivity index is 2.22. The van der Waals surface area contributed by atoms with Crippen LogP contribution >= 0.6 is 0 Å². The number of aryl methyl sites for hydroxylation is 1. The number of anilines is 1. The van der Waals surface area contributed by atoms with Crippen molar-refractivity contribution in [3.8, 4) is 11.3 Å². The lowest BCUT2D eigenvalue weighted by molar-refractivity contribution is 0.630. The summed E-state index contributed by atoms with van der Waals surface area (Å²) in [6.07, 6.45) is 4.95. The van der Waals surface area contributed by atoms with Crippen molar-refractivity contribution in [1.29, 1.82) is 0 Å². The van der Waals surface area contributed by atoms with Crippen molar-refractivity contribution in [2.45, 2.75) is 6.92 Å². The van der Waals surface area contributed by atoms with Gasteiger partial charge in [0.25, 0.3) is 0 Å². The second-order valence-electron chi connectivity index (χ2n) is 4.20. The molecule has 2 heterocycles. The highest BCUT2D eigenvalue weighted by atomic mass is 19.1. The number of rotatable bonds is 1. The summed E-state index contributed by atoms with van der Waals surface area (Å²) in [6.45, 7) is 1.91. The van der Waals surface area contributed by atoms with Crippen LogP contribution in [0.2, 0.25) is 0 Å². The number of hydrogen-bond acceptors (Lipinski definition) is 3. The Kier molecular flexibility index (Phi) is 2.26. The average molecular weight is 242 g/mol. The molecule has 0 unspecified atom stereocenters. The molecule has 3 rings (SSSR count). The third-order valence-corrected chi connectivity index (χ3v) is 2.73. The number of aromatic nitrogens is 3. The minimum atomic E-state index is -0.294. The molecule has 3 aromatic rings. The van der Waals surface area contributed by atoms with E-state index in [1.807, 2.05) is 6.92 Å². The average Bonchev–Trinajstić information content (AvgIpc) is 2.74. The lowest BCUT2D eigenvalue weighted by Gasteiger charge is -2.00. The molecule has 0 spiro atoms. The molecule has 0 fully saturated rings. The molecule has 4 nitrogen and oxygen atoms in total. The van der Waals surface area contributed by atoms with Gasteiger partial charge in [-0.2, -0.15) is 0 Å². The van der Waals surface area contributed by atoms with Crippen LogP contribution in [0.4, 0.5) is 10.1 Å². The fourth-order valence-corrected chi connectivity index (χ4v) is 1.87. The maximum atomic E-state index is 13.8. The molecule has 2 aromatic heterocycles. The highest BCUT2D eigenvalue weighted by Crippen LogP contribution is 2.23. The van der Waals surface area contributed by atoms with Crippen LogP contribution < -0.4 is 5.73 Å². The van der Waals surface area contributed by atoms with Crippen molar-refractivity contribution in [1.82, 2.24) is 14.4 Å². The van der Waals surface area contributed by atoms with Crippen LogP contribution in [0, 0.1) is 12.7 Å². The third-order valence-electron chi connectivity index (χ3n) is 2.73. The van der Waals surface area contributed by atoms with Gasteiger partial charge in [-0.05, 0) is 19.1 Å². The van der Waals surface area contributed by atoms with Gasteiger partial charge < -0.3 is 5.73 Å². The summed E-state index contributed by atoms with van der Waals surface area (Å²) in [5, 5.41) is 0. The van der Waals surface area contributed by atoms with Gasteiger partial charge in [0.2, 0.25) is 5.78 Å². The smallest absolute Gasteiger partial charge is 0.234 e. The quantitative estimate of drug-likeness (QED) is 0.713. The highest BCUT2D eigenvalue weighted by Gasteiger charge is 2.10. The number of nitrogens with zero attached hydrogens (tertiary/aromatic N) is 3. The summed E-state index contributed by atoms with van der Waals surface area (Å²) in [6, 6.07) is 4.93. The second kappa shape index (κ2) is 3.80. The summed E-state index contributed by atoms with van der Waals surface area (Å²) in [4.78, 5) is 8.37. The van der Waals surface area contributed by atoms with Crippen LogP contribution in [-0.2, 0) is 0 Å². The first-order valence-electron chi connectivity index (χ1n) is 5.50. The Morgan fingerprint density at radius 2 is 2.11 bits per heavy atom. The van der Waals surface area contributed by atoms with Gasteiger partial charge in [0.1, 0.15) is 5.82 Å². The van der Waals surface area contributed by atoms with E-state index in [9.17, 15) is 4.39 Å². The summed E-state index contributed by atoms with van der Waals surface area (Å²) in [5.41, 5.74) is 8.18. The van der Waals surface area contributed by atoms with Crippen molar-refractivity contribution in [2.24, 2.45) is 0 Å². The van der Waals surface area contributed by atoms with Crippen LogP contribution in [0.5, 0.6) is 0 Å². The molecule has 0 aliphatic carbocycles. The van der Waals surface area contributed by atoms with Gasteiger partial charge in [-0.25, -0.2) is 14.4 Å². The van der Waals surface area contributed by atoms with Crippen molar-refractivity contribution in [3.05, 3.63) is 48.2 Å². The molecule has 0 aliphatic rings. The largest absolute Gasteiger partial charge is 0.396 e. The van der Waals surface area contributed by atoms with Gasteiger partial charge in [-0.1, -0.05) is 11.6 Å². The predicted molar refractivity (Wildman–Crippen MR) is 67.5 cm³/mol. The first kappa shape index (κ1) is 10.7. The zero-order valence-electron chi connectivity index (χ0n) is 9.76. The number of imidazole rings is 1. The number of nitrogen functional groups attached to an aromatic ring is 1. The van der Waals surface area contributed by atoms with E-state index < -0.39 is 0 Å². The number of halogens is 1. The van der Waals surface area contributed by atoms with Gasteiger partial charge in [0, 0.05) is 18.0 Å². The Morgan fingerprint density at radius 1 is 1.28 bits per heavy atom. The molecule has 5 heteroatoms. The van der Waals surface area contributed by atoms with Gasteiger partial charge in [-0.3, -0.25) is 4.40 Å². The second-order valence-corrected chi connectivity index (χ2v) is 4.20. The third kappa shape index (κ3) is 1.69. The van der Waals surface area contributed by atoms with Gasteiger partial charge in [-0.15, -0.1) is 0 Å². The molecule has 90 valence electrons. The van der Waals surface area contributed by atoms with Crippen LogP contribution in [0.15, 0.2) is 36.8 Å². The zero-order chi connectivity index (χ0) is 12.7. The number of benzene rings is 1. The summed E-state index contributed by atoms with van der Waals surface area (Å²) in [5.74, 6) is 0.206. The first-order chi connectivity index (χ1) is 8.63. The van der Waals surface area contributed by atoms with Crippen molar-refractivity contribution < 1.29 is 4.39 Å². The number of nitrogens with two attached hydrogens (primary N) is 1. The minimum absolute atomic E-state index is 0.294. The minimum Gasteiger partial charge on any atom is -0.396 e. The van der Waals surface area contributed by atoms with Crippen molar-refractivity contribution in [3.63, 3.8) is 0 Å². The normalized spacial score (nSPS) is 11.0. The van der Waals surface area contributed by atoms with E-state index >= 15 is 0 Å². The number of hydrogen-bond donors (Lipinski definition) is 1. The fourth-order valence-electron chi connectivity index (χ4n) is 1.87. The molecule has 0 bridgehead atoms. The lowest BCUT2D eigenvalue weighted by Crippen LogP contribution is -1.91. The lowest BCUT2D eigenvalue weighted by atomic mass is 10.1. The van der Waals surface area contributed by atoms with Crippen LogP contribution in [0.1, 0.15) is 5.56 Å². The van der Waals surface area contributed by atoms with E-state index in [0.29, 0.717) is 22.7 Å². The van der Waals surface area contributed by atoms with E-state index in [-0.39, 0.29) is 5.82 Å². The standard InChI is InChI=1S/C13H11FN4/c1-8-2-3-11(14)10(4-8)12-7-18-6-9(15)5-16-13(18)17-12/h2-7H,15H2,1H3. The summed E-state index contributed by atoms with van der Waals surface area (Å²) >= 11 is 0. The first-order valence-corrected chi connectivity index (χ1v) is 5.50. The Labute approximate surface area is 103 Å². The Bertz CT molecular complexity index is 733. The monoisotopic (exact) mass is 242 g/mol. The highest BCUT2D eigenvalue weighted by molar-refractivity contribution is 5.63. The summed E-state index contributed by atoms with van der Waals surface area (Å²) in [7, 11) is 0. The molecule has 2 N–H and O–H groups in total. The Morgan fingerprint density at radius 3 is 2.94 bits per heavy atom.